The lowest BCUT2D eigenvalue weighted by Gasteiger charge is -2.33. The first kappa shape index (κ1) is 17.0. The van der Waals surface area contributed by atoms with Crippen LogP contribution in [0.4, 0.5) is 4.79 Å². The van der Waals surface area contributed by atoms with Crippen molar-refractivity contribution in [2.75, 3.05) is 13.1 Å². The zero-order chi connectivity index (χ0) is 17.5. The smallest absolute Gasteiger partial charge is 0.320 e. The van der Waals surface area contributed by atoms with E-state index in [4.69, 9.17) is 5.26 Å². The number of amides is 2. The van der Waals surface area contributed by atoms with Gasteiger partial charge in [-0.3, -0.25) is 4.98 Å². The Bertz CT molecular complexity index is 731. The number of likely N-dealkylation sites (tertiary alicyclic amines) is 1. The summed E-state index contributed by atoms with van der Waals surface area (Å²) in [6.45, 7) is 2.64. The zero-order valence-corrected chi connectivity index (χ0v) is 14.3. The number of aromatic nitrogens is 1. The predicted octanol–water partition coefficient (Wildman–Crippen LogP) is 3.56. The molecular formula is C20H22N4O. The number of carbonyl (C=O) groups excluding carboxylic acids is 1. The van der Waals surface area contributed by atoms with E-state index in [-0.39, 0.29) is 6.03 Å². The Balaban J connectivity index is 1.77. The molecule has 0 atom stereocenters. The van der Waals surface area contributed by atoms with E-state index in [9.17, 15) is 4.79 Å². The van der Waals surface area contributed by atoms with Crippen LogP contribution in [0.2, 0.25) is 0 Å². The van der Waals surface area contributed by atoms with Gasteiger partial charge in [0.25, 0.3) is 0 Å². The second-order valence-corrected chi connectivity index (χ2v) is 6.32. The number of urea groups is 1. The second-order valence-electron chi connectivity index (χ2n) is 6.32. The van der Waals surface area contributed by atoms with Gasteiger partial charge in [-0.05, 0) is 37.0 Å². The van der Waals surface area contributed by atoms with Crippen LogP contribution in [0.5, 0.6) is 0 Å². The van der Waals surface area contributed by atoms with Gasteiger partial charge in [-0.25, -0.2) is 4.79 Å². The van der Waals surface area contributed by atoms with Gasteiger partial charge in [-0.2, -0.15) is 5.26 Å². The maximum absolute atomic E-state index is 13.0. The summed E-state index contributed by atoms with van der Waals surface area (Å²) < 4.78 is 0. The van der Waals surface area contributed by atoms with Crippen molar-refractivity contribution in [3.05, 3.63) is 65.5 Å². The third-order valence-electron chi connectivity index (χ3n) is 4.42. The Labute approximate surface area is 148 Å². The van der Waals surface area contributed by atoms with Crippen molar-refractivity contribution in [1.29, 1.82) is 5.26 Å². The molecular weight excluding hydrogens is 312 g/mol. The lowest BCUT2D eigenvalue weighted by atomic mass is 10.1. The van der Waals surface area contributed by atoms with Gasteiger partial charge in [0.1, 0.15) is 6.07 Å². The van der Waals surface area contributed by atoms with E-state index in [0.717, 1.165) is 37.2 Å². The number of benzene rings is 1. The zero-order valence-electron chi connectivity index (χ0n) is 14.3. The SMILES string of the molecule is N#Cc1ccc(CN(Cc2ccccc2)C(=O)N2CCCCC2)nc1. The maximum Gasteiger partial charge on any atom is 0.320 e. The lowest BCUT2D eigenvalue weighted by Crippen LogP contribution is -2.44. The maximum atomic E-state index is 13.0. The molecule has 5 heteroatoms. The van der Waals surface area contributed by atoms with Gasteiger partial charge in [0, 0.05) is 25.8 Å². The Morgan fingerprint density at radius 2 is 1.84 bits per heavy atom. The molecule has 2 amide bonds. The van der Waals surface area contributed by atoms with Crippen LogP contribution in [0.1, 0.15) is 36.1 Å². The summed E-state index contributed by atoms with van der Waals surface area (Å²) in [6, 6.07) is 15.7. The minimum atomic E-state index is 0.0645. The fraction of sp³-hybridized carbons (Fsp3) is 0.350. The molecule has 0 spiro atoms. The highest BCUT2D eigenvalue weighted by Gasteiger charge is 2.23. The Morgan fingerprint density at radius 3 is 2.48 bits per heavy atom. The molecule has 25 heavy (non-hydrogen) atoms. The van der Waals surface area contributed by atoms with Crippen LogP contribution in [0.15, 0.2) is 48.7 Å². The molecule has 0 radical (unpaired) electrons. The third-order valence-corrected chi connectivity index (χ3v) is 4.42. The topological polar surface area (TPSA) is 60.2 Å². The fourth-order valence-electron chi connectivity index (χ4n) is 3.06. The minimum absolute atomic E-state index is 0.0645. The van der Waals surface area contributed by atoms with E-state index < -0.39 is 0 Å². The predicted molar refractivity (Wildman–Crippen MR) is 95.5 cm³/mol. The van der Waals surface area contributed by atoms with Crippen LogP contribution in [0.25, 0.3) is 0 Å². The van der Waals surface area contributed by atoms with E-state index in [1.807, 2.05) is 46.2 Å². The van der Waals surface area contributed by atoms with E-state index >= 15 is 0 Å². The standard InChI is InChI=1S/C20H22N4O/c21-13-18-9-10-19(22-14-18)16-24(15-17-7-3-1-4-8-17)20(25)23-11-5-2-6-12-23/h1,3-4,7-10,14H,2,5-6,11-12,15-16H2. The van der Waals surface area contributed by atoms with Crippen LogP contribution >= 0.6 is 0 Å². The molecule has 3 rings (SSSR count). The molecule has 1 fully saturated rings. The van der Waals surface area contributed by atoms with Crippen molar-refractivity contribution in [1.82, 2.24) is 14.8 Å². The molecule has 1 aromatic heterocycles. The minimum Gasteiger partial charge on any atom is -0.325 e. The molecule has 0 unspecified atom stereocenters. The highest BCUT2D eigenvalue weighted by Crippen LogP contribution is 2.16. The summed E-state index contributed by atoms with van der Waals surface area (Å²) in [5.74, 6) is 0. The first-order valence-electron chi connectivity index (χ1n) is 8.69. The first-order valence-corrected chi connectivity index (χ1v) is 8.69. The molecule has 0 bridgehead atoms. The summed E-state index contributed by atoms with van der Waals surface area (Å²) in [4.78, 5) is 21.1. The van der Waals surface area contributed by atoms with Crippen molar-refractivity contribution in [3.63, 3.8) is 0 Å². The second kappa shape index (κ2) is 8.29. The molecule has 1 saturated heterocycles. The molecule has 5 nitrogen and oxygen atoms in total. The number of piperidine rings is 1. The third kappa shape index (κ3) is 4.57. The quantitative estimate of drug-likeness (QED) is 0.859. The van der Waals surface area contributed by atoms with E-state index in [2.05, 4.69) is 11.1 Å². The summed E-state index contributed by atoms with van der Waals surface area (Å²) in [5.41, 5.74) is 2.42. The van der Waals surface area contributed by atoms with E-state index in [0.29, 0.717) is 18.7 Å². The summed E-state index contributed by atoms with van der Waals surface area (Å²) in [5, 5.41) is 8.90. The fourth-order valence-corrected chi connectivity index (χ4v) is 3.06. The van der Waals surface area contributed by atoms with Crippen molar-refractivity contribution in [2.45, 2.75) is 32.4 Å². The Hall–Kier alpha value is -2.87. The molecule has 1 aliphatic rings. The molecule has 0 saturated carbocycles. The molecule has 0 N–H and O–H groups in total. The average Bonchev–Trinajstić information content (AvgIpc) is 2.69. The highest BCUT2D eigenvalue weighted by atomic mass is 16.2. The largest absolute Gasteiger partial charge is 0.325 e. The number of hydrogen-bond donors (Lipinski definition) is 0. The molecule has 2 heterocycles. The number of pyridine rings is 1. The van der Waals surface area contributed by atoms with Crippen LogP contribution < -0.4 is 0 Å². The monoisotopic (exact) mass is 334 g/mol. The van der Waals surface area contributed by atoms with Crippen LogP contribution in [-0.2, 0) is 13.1 Å². The lowest BCUT2D eigenvalue weighted by molar-refractivity contribution is 0.137. The van der Waals surface area contributed by atoms with Crippen molar-refractivity contribution >= 4 is 6.03 Å². The Morgan fingerprint density at radius 1 is 1.08 bits per heavy atom. The van der Waals surface area contributed by atoms with Crippen LogP contribution in [-0.4, -0.2) is 33.9 Å². The summed E-state index contributed by atoms with van der Waals surface area (Å²) >= 11 is 0. The van der Waals surface area contributed by atoms with Gasteiger partial charge < -0.3 is 9.80 Å². The number of nitrogens with zero attached hydrogens (tertiary/aromatic N) is 4. The number of nitriles is 1. The van der Waals surface area contributed by atoms with Gasteiger partial charge in [0.05, 0.1) is 17.8 Å². The van der Waals surface area contributed by atoms with Gasteiger partial charge in [-0.15, -0.1) is 0 Å². The molecule has 1 aromatic carbocycles. The van der Waals surface area contributed by atoms with Crippen molar-refractivity contribution < 1.29 is 4.79 Å². The molecule has 1 aliphatic heterocycles. The van der Waals surface area contributed by atoms with Crippen LogP contribution in [0, 0.1) is 11.3 Å². The number of carbonyl (C=O) groups is 1. The van der Waals surface area contributed by atoms with Gasteiger partial charge >= 0.3 is 6.03 Å². The molecule has 2 aromatic rings. The number of hydrogen-bond acceptors (Lipinski definition) is 3. The number of rotatable bonds is 4. The summed E-state index contributed by atoms with van der Waals surface area (Å²) in [7, 11) is 0. The van der Waals surface area contributed by atoms with Gasteiger partial charge in [0.2, 0.25) is 0 Å². The Kier molecular flexibility index (Phi) is 5.63. The van der Waals surface area contributed by atoms with Gasteiger partial charge in [-0.1, -0.05) is 30.3 Å². The van der Waals surface area contributed by atoms with Crippen LogP contribution in [0.3, 0.4) is 0 Å². The van der Waals surface area contributed by atoms with E-state index in [1.54, 1.807) is 12.3 Å². The molecule has 128 valence electrons. The highest BCUT2D eigenvalue weighted by molar-refractivity contribution is 5.74. The van der Waals surface area contributed by atoms with Gasteiger partial charge in [0.15, 0.2) is 0 Å². The van der Waals surface area contributed by atoms with Crippen molar-refractivity contribution in [3.8, 4) is 6.07 Å². The van der Waals surface area contributed by atoms with E-state index in [1.165, 1.54) is 6.42 Å². The average molecular weight is 334 g/mol. The summed E-state index contributed by atoms with van der Waals surface area (Å²) in [6.07, 6.45) is 4.89. The normalized spacial score (nSPS) is 14.0. The van der Waals surface area contributed by atoms with Crippen molar-refractivity contribution in [2.24, 2.45) is 0 Å². The molecule has 0 aliphatic carbocycles. The first-order chi connectivity index (χ1) is 12.3.